The van der Waals surface area contributed by atoms with Gasteiger partial charge in [-0.25, -0.2) is 15.0 Å². The number of aromatic nitrogens is 5. The number of hydrogen-bond donors (Lipinski definition) is 0. The number of para-hydroxylation sites is 2. The number of rotatable bonds is 3. The van der Waals surface area contributed by atoms with Crippen LogP contribution >= 0.6 is 22.7 Å². The minimum atomic E-state index is 0.806. The Morgan fingerprint density at radius 3 is 2.12 bits per heavy atom. The Labute approximate surface area is 203 Å². The minimum absolute atomic E-state index is 0.806. The predicted octanol–water partition coefficient (Wildman–Crippen LogP) is 7.28. The highest BCUT2D eigenvalue weighted by molar-refractivity contribution is 7.21. The lowest BCUT2D eigenvalue weighted by Crippen LogP contribution is -1.99. The van der Waals surface area contributed by atoms with Crippen LogP contribution in [-0.2, 0) is 0 Å². The van der Waals surface area contributed by atoms with E-state index in [2.05, 4.69) is 42.5 Å². The number of pyridine rings is 1. The van der Waals surface area contributed by atoms with Crippen molar-refractivity contribution >= 4 is 54.1 Å². The van der Waals surface area contributed by atoms with E-state index in [0.29, 0.717) is 0 Å². The van der Waals surface area contributed by atoms with Crippen molar-refractivity contribution in [3.8, 4) is 27.0 Å². The smallest absolute Gasteiger partial charge is 0.213 e. The molecule has 0 N–H and O–H groups in total. The van der Waals surface area contributed by atoms with Crippen molar-refractivity contribution in [2.24, 2.45) is 0 Å². The highest BCUT2D eigenvalue weighted by Crippen LogP contribution is 2.39. The standard InChI is InChI=1S/C27H17N5S2/c1-16-18-15-19(26-28-20-11-5-7-13-22(20)33-26)24(17-9-3-2-4-10-17)30-25(18)32(31-16)27-29-21-12-6-8-14-23(21)34-27/h2-15H,1H3. The van der Waals surface area contributed by atoms with E-state index in [1.54, 1.807) is 22.7 Å². The van der Waals surface area contributed by atoms with Gasteiger partial charge in [0.15, 0.2) is 5.65 Å². The Morgan fingerprint density at radius 1 is 0.706 bits per heavy atom. The Hall–Kier alpha value is -3.94. The van der Waals surface area contributed by atoms with Gasteiger partial charge in [0.2, 0.25) is 5.13 Å². The van der Waals surface area contributed by atoms with Gasteiger partial charge in [-0.1, -0.05) is 65.9 Å². The molecule has 3 aromatic carbocycles. The molecule has 0 unspecified atom stereocenters. The van der Waals surface area contributed by atoms with Crippen LogP contribution in [0.15, 0.2) is 84.9 Å². The largest absolute Gasteiger partial charge is 0.236 e. The molecule has 34 heavy (non-hydrogen) atoms. The first-order valence-electron chi connectivity index (χ1n) is 10.9. The van der Waals surface area contributed by atoms with Crippen molar-refractivity contribution in [2.75, 3.05) is 0 Å². The van der Waals surface area contributed by atoms with E-state index in [4.69, 9.17) is 20.1 Å². The highest BCUT2D eigenvalue weighted by Gasteiger charge is 2.20. The number of aryl methyl sites for hydroxylation is 1. The van der Waals surface area contributed by atoms with Gasteiger partial charge in [0.05, 0.1) is 31.8 Å². The lowest BCUT2D eigenvalue weighted by Gasteiger charge is -2.08. The molecule has 5 nitrogen and oxygen atoms in total. The second-order valence-electron chi connectivity index (χ2n) is 8.07. The highest BCUT2D eigenvalue weighted by atomic mass is 32.1. The first-order valence-corrected chi connectivity index (χ1v) is 12.6. The molecule has 0 bridgehead atoms. The molecule has 4 aromatic heterocycles. The molecule has 162 valence electrons. The zero-order valence-electron chi connectivity index (χ0n) is 18.1. The van der Waals surface area contributed by atoms with Crippen LogP contribution in [0.4, 0.5) is 0 Å². The summed E-state index contributed by atoms with van der Waals surface area (Å²) in [5.41, 5.74) is 6.67. The number of fused-ring (bicyclic) bond motifs is 3. The third kappa shape index (κ3) is 3.05. The van der Waals surface area contributed by atoms with Crippen LogP contribution in [0.3, 0.4) is 0 Å². The van der Waals surface area contributed by atoms with Gasteiger partial charge >= 0.3 is 0 Å². The quantitative estimate of drug-likeness (QED) is 0.269. The molecular formula is C27H17N5S2. The Balaban J connectivity index is 1.52. The summed E-state index contributed by atoms with van der Waals surface area (Å²) in [6.45, 7) is 2.03. The molecule has 0 saturated carbocycles. The molecule has 0 aliphatic heterocycles. The SMILES string of the molecule is Cc1nn(-c2nc3ccccc3s2)c2nc(-c3ccccc3)c(-c3nc4ccccc4s3)cc12. The Kier molecular flexibility index (Phi) is 4.33. The zero-order valence-corrected chi connectivity index (χ0v) is 19.8. The molecule has 4 heterocycles. The monoisotopic (exact) mass is 475 g/mol. The first-order chi connectivity index (χ1) is 16.7. The van der Waals surface area contributed by atoms with Crippen molar-refractivity contribution in [1.29, 1.82) is 0 Å². The van der Waals surface area contributed by atoms with Gasteiger partial charge in [-0.05, 0) is 37.3 Å². The normalized spacial score (nSPS) is 11.7. The van der Waals surface area contributed by atoms with Gasteiger partial charge in [-0.2, -0.15) is 9.78 Å². The van der Waals surface area contributed by atoms with Crippen LogP contribution in [0.1, 0.15) is 5.69 Å². The molecule has 0 atom stereocenters. The van der Waals surface area contributed by atoms with Crippen molar-refractivity contribution in [3.63, 3.8) is 0 Å². The maximum Gasteiger partial charge on any atom is 0.213 e. The molecular weight excluding hydrogens is 458 g/mol. The van der Waals surface area contributed by atoms with E-state index in [1.165, 1.54) is 4.70 Å². The maximum atomic E-state index is 5.19. The summed E-state index contributed by atoms with van der Waals surface area (Å²) in [7, 11) is 0. The average molecular weight is 476 g/mol. The van der Waals surface area contributed by atoms with Crippen LogP contribution in [0.2, 0.25) is 0 Å². The van der Waals surface area contributed by atoms with Gasteiger partial charge < -0.3 is 0 Å². The van der Waals surface area contributed by atoms with E-state index in [1.807, 2.05) is 54.1 Å². The topological polar surface area (TPSA) is 56.5 Å². The van der Waals surface area contributed by atoms with Crippen molar-refractivity contribution in [3.05, 3.63) is 90.6 Å². The molecule has 0 spiro atoms. The van der Waals surface area contributed by atoms with Gasteiger partial charge in [0, 0.05) is 16.5 Å². The number of benzene rings is 3. The second kappa shape index (κ2) is 7.55. The van der Waals surface area contributed by atoms with Gasteiger partial charge in [0.25, 0.3) is 0 Å². The lowest BCUT2D eigenvalue weighted by atomic mass is 10.0. The van der Waals surface area contributed by atoms with Gasteiger partial charge in [-0.3, -0.25) is 0 Å². The van der Waals surface area contributed by atoms with Gasteiger partial charge in [0.1, 0.15) is 5.01 Å². The maximum absolute atomic E-state index is 5.19. The number of thiazole rings is 2. The van der Waals surface area contributed by atoms with E-state index >= 15 is 0 Å². The summed E-state index contributed by atoms with van der Waals surface area (Å²) in [5, 5.41) is 7.64. The Morgan fingerprint density at radius 2 is 1.38 bits per heavy atom. The van der Waals surface area contributed by atoms with Crippen molar-refractivity contribution < 1.29 is 0 Å². The van der Waals surface area contributed by atoms with E-state index < -0.39 is 0 Å². The summed E-state index contributed by atoms with van der Waals surface area (Å²) in [4.78, 5) is 15.0. The summed E-state index contributed by atoms with van der Waals surface area (Å²) >= 11 is 3.31. The number of nitrogens with zero attached hydrogens (tertiary/aromatic N) is 5. The fourth-order valence-corrected chi connectivity index (χ4v) is 6.14. The van der Waals surface area contributed by atoms with Crippen molar-refractivity contribution in [1.82, 2.24) is 24.7 Å². The van der Waals surface area contributed by atoms with E-state index in [0.717, 1.165) is 59.4 Å². The summed E-state index contributed by atoms with van der Waals surface area (Å²) in [5.74, 6) is 0. The molecule has 0 radical (unpaired) electrons. The summed E-state index contributed by atoms with van der Waals surface area (Å²) in [6.07, 6.45) is 0. The zero-order chi connectivity index (χ0) is 22.6. The summed E-state index contributed by atoms with van der Waals surface area (Å²) in [6, 6.07) is 28.9. The van der Waals surface area contributed by atoms with Crippen molar-refractivity contribution in [2.45, 2.75) is 6.92 Å². The predicted molar refractivity (Wildman–Crippen MR) is 141 cm³/mol. The number of hydrogen-bond acceptors (Lipinski definition) is 6. The van der Waals surface area contributed by atoms with Crippen LogP contribution < -0.4 is 0 Å². The Bertz CT molecular complexity index is 1760. The summed E-state index contributed by atoms with van der Waals surface area (Å²) < 4.78 is 4.18. The molecule has 0 saturated heterocycles. The lowest BCUT2D eigenvalue weighted by molar-refractivity contribution is 0.871. The second-order valence-corrected chi connectivity index (χ2v) is 10.1. The van der Waals surface area contributed by atoms with E-state index in [-0.39, 0.29) is 0 Å². The molecule has 7 heteroatoms. The van der Waals surface area contributed by atoms with E-state index in [9.17, 15) is 0 Å². The molecule has 0 amide bonds. The van der Waals surface area contributed by atoms with Crippen LogP contribution in [0.25, 0.3) is 58.4 Å². The molecule has 7 aromatic rings. The third-order valence-corrected chi connectivity index (χ3v) is 7.96. The molecule has 0 aliphatic rings. The average Bonchev–Trinajstić information content (AvgIpc) is 3.58. The fraction of sp³-hybridized carbons (Fsp3) is 0.0370. The third-order valence-electron chi connectivity index (χ3n) is 5.88. The van der Waals surface area contributed by atoms with Crippen LogP contribution in [0.5, 0.6) is 0 Å². The molecule has 0 aliphatic carbocycles. The van der Waals surface area contributed by atoms with Crippen LogP contribution in [-0.4, -0.2) is 24.7 Å². The van der Waals surface area contributed by atoms with Gasteiger partial charge in [-0.15, -0.1) is 11.3 Å². The molecule has 0 fully saturated rings. The minimum Gasteiger partial charge on any atom is -0.236 e. The fourth-order valence-electron chi connectivity index (χ4n) is 4.23. The van der Waals surface area contributed by atoms with Crippen LogP contribution in [0, 0.1) is 6.92 Å². The molecule has 7 rings (SSSR count). The first kappa shape index (κ1) is 19.5.